The van der Waals surface area contributed by atoms with E-state index in [9.17, 15) is 25.0 Å². The van der Waals surface area contributed by atoms with E-state index in [4.69, 9.17) is 0 Å². The van der Waals surface area contributed by atoms with E-state index in [0.717, 1.165) is 34.0 Å². The van der Waals surface area contributed by atoms with E-state index in [0.29, 0.717) is 24.6 Å². The van der Waals surface area contributed by atoms with E-state index in [-0.39, 0.29) is 18.0 Å². The number of nitro groups is 2. The maximum absolute atomic E-state index is 13.4. The van der Waals surface area contributed by atoms with Gasteiger partial charge in [-0.25, -0.2) is 4.98 Å². The molecule has 12 heteroatoms. The fourth-order valence-electron chi connectivity index (χ4n) is 3.10. The molecule has 0 unspecified atom stereocenters. The van der Waals surface area contributed by atoms with Crippen LogP contribution >= 0.6 is 23.7 Å². The van der Waals surface area contributed by atoms with Crippen LogP contribution in [0.1, 0.15) is 22.3 Å². The molecule has 10 nitrogen and oxygen atoms in total. The van der Waals surface area contributed by atoms with Gasteiger partial charge < -0.3 is 4.90 Å². The van der Waals surface area contributed by atoms with Crippen molar-refractivity contribution >= 4 is 56.4 Å². The number of halogens is 1. The van der Waals surface area contributed by atoms with E-state index >= 15 is 0 Å². The van der Waals surface area contributed by atoms with Gasteiger partial charge in [-0.2, -0.15) is 0 Å². The molecule has 0 bridgehead atoms. The quantitative estimate of drug-likeness (QED) is 0.345. The highest BCUT2D eigenvalue weighted by Crippen LogP contribution is 2.32. The number of fused-ring (bicyclic) bond motifs is 1. The Labute approximate surface area is 194 Å². The number of benzene rings is 2. The van der Waals surface area contributed by atoms with Crippen molar-refractivity contribution in [2.75, 3.05) is 32.1 Å². The number of thiazole rings is 1. The highest BCUT2D eigenvalue weighted by Gasteiger charge is 2.26. The topological polar surface area (TPSA) is 123 Å². The molecule has 0 saturated carbocycles. The molecular formula is C20H22ClN5O5S. The van der Waals surface area contributed by atoms with Crippen LogP contribution in [0.3, 0.4) is 0 Å². The van der Waals surface area contributed by atoms with Gasteiger partial charge in [-0.05, 0) is 45.6 Å². The number of rotatable bonds is 8. The Kier molecular flexibility index (Phi) is 8.19. The molecule has 3 aromatic rings. The summed E-state index contributed by atoms with van der Waals surface area (Å²) in [5.41, 5.74) is 0.600. The van der Waals surface area contributed by atoms with E-state index in [1.165, 1.54) is 16.2 Å². The zero-order valence-electron chi connectivity index (χ0n) is 17.7. The fourth-order valence-corrected chi connectivity index (χ4v) is 4.17. The van der Waals surface area contributed by atoms with Gasteiger partial charge in [-0.15, -0.1) is 12.4 Å². The zero-order chi connectivity index (χ0) is 22.7. The summed E-state index contributed by atoms with van der Waals surface area (Å²) in [7, 11) is 3.83. The van der Waals surface area contributed by atoms with Crippen molar-refractivity contribution in [3.63, 3.8) is 0 Å². The standard InChI is InChI=1S/C20H21N5O5S.ClH/c1-13-6-4-7-17-18(13)21-20(31-17)23(9-5-8-22(2)3)19(26)14-10-15(24(27)28)12-16(11-14)25(29)30;/h4,6-7,10-12H,5,8-9H2,1-3H3;1H. The first-order chi connectivity index (χ1) is 14.7. The predicted molar refractivity (Wildman–Crippen MR) is 126 cm³/mol. The molecule has 170 valence electrons. The number of hydrogen-bond donors (Lipinski definition) is 0. The van der Waals surface area contributed by atoms with Crippen LogP contribution in [0.15, 0.2) is 36.4 Å². The Bertz CT molecular complexity index is 1130. The summed E-state index contributed by atoms with van der Waals surface area (Å²) in [6, 6.07) is 8.70. The molecule has 1 aromatic heterocycles. The Morgan fingerprint density at radius 3 is 2.22 bits per heavy atom. The van der Waals surface area contributed by atoms with Gasteiger partial charge in [-0.1, -0.05) is 23.5 Å². The molecule has 0 aliphatic carbocycles. The highest BCUT2D eigenvalue weighted by atomic mass is 35.5. The van der Waals surface area contributed by atoms with E-state index < -0.39 is 27.1 Å². The van der Waals surface area contributed by atoms with Gasteiger partial charge in [-0.3, -0.25) is 29.9 Å². The van der Waals surface area contributed by atoms with Crippen LogP contribution in [0.2, 0.25) is 0 Å². The van der Waals surface area contributed by atoms with Gasteiger partial charge in [0.2, 0.25) is 0 Å². The number of carbonyl (C=O) groups excluding carboxylic acids is 1. The normalized spacial score (nSPS) is 10.8. The minimum Gasteiger partial charge on any atom is -0.309 e. The summed E-state index contributed by atoms with van der Waals surface area (Å²) in [5.74, 6) is -0.567. The number of amides is 1. The molecule has 0 saturated heterocycles. The monoisotopic (exact) mass is 479 g/mol. The summed E-state index contributed by atoms with van der Waals surface area (Å²) < 4.78 is 0.908. The summed E-state index contributed by atoms with van der Waals surface area (Å²) >= 11 is 1.34. The van der Waals surface area contributed by atoms with Crippen LogP contribution in [-0.4, -0.2) is 52.8 Å². The number of carbonyl (C=O) groups is 1. The van der Waals surface area contributed by atoms with Gasteiger partial charge in [0.1, 0.15) is 0 Å². The molecule has 0 radical (unpaired) electrons. The van der Waals surface area contributed by atoms with Crippen molar-refractivity contribution in [2.24, 2.45) is 0 Å². The molecule has 3 rings (SSSR count). The minimum atomic E-state index is -0.749. The molecule has 2 aromatic carbocycles. The number of para-hydroxylation sites is 1. The second-order valence-electron chi connectivity index (χ2n) is 7.28. The fraction of sp³-hybridized carbons (Fsp3) is 0.300. The number of non-ortho nitro benzene ring substituents is 2. The molecule has 1 heterocycles. The molecule has 0 aliphatic rings. The maximum Gasteiger partial charge on any atom is 0.277 e. The van der Waals surface area contributed by atoms with Gasteiger partial charge in [0.05, 0.1) is 31.7 Å². The average molecular weight is 480 g/mol. The van der Waals surface area contributed by atoms with E-state index in [2.05, 4.69) is 4.98 Å². The Balaban J connectivity index is 0.00000363. The van der Waals surface area contributed by atoms with Crippen molar-refractivity contribution in [2.45, 2.75) is 13.3 Å². The van der Waals surface area contributed by atoms with Crippen LogP contribution in [0.4, 0.5) is 16.5 Å². The number of hydrogen-bond acceptors (Lipinski definition) is 8. The Morgan fingerprint density at radius 1 is 1.06 bits per heavy atom. The van der Waals surface area contributed by atoms with Crippen LogP contribution in [-0.2, 0) is 0 Å². The molecule has 0 N–H and O–H groups in total. The molecule has 0 fully saturated rings. The van der Waals surface area contributed by atoms with Crippen molar-refractivity contribution in [1.29, 1.82) is 0 Å². The number of nitrogens with zero attached hydrogens (tertiary/aromatic N) is 5. The van der Waals surface area contributed by atoms with Gasteiger partial charge in [0, 0.05) is 18.7 Å². The summed E-state index contributed by atoms with van der Waals surface area (Å²) in [5, 5.41) is 22.9. The lowest BCUT2D eigenvalue weighted by atomic mass is 10.1. The lowest BCUT2D eigenvalue weighted by Gasteiger charge is -2.21. The minimum absolute atomic E-state index is 0. The predicted octanol–water partition coefficient (Wildman–Crippen LogP) is 4.44. The average Bonchev–Trinajstić information content (AvgIpc) is 3.15. The Morgan fingerprint density at radius 2 is 1.69 bits per heavy atom. The van der Waals surface area contributed by atoms with Gasteiger partial charge in [0.25, 0.3) is 17.3 Å². The van der Waals surface area contributed by atoms with E-state index in [1.807, 2.05) is 44.1 Å². The smallest absolute Gasteiger partial charge is 0.277 e. The van der Waals surface area contributed by atoms with Crippen molar-refractivity contribution in [1.82, 2.24) is 9.88 Å². The lowest BCUT2D eigenvalue weighted by Crippen LogP contribution is -2.33. The summed E-state index contributed by atoms with van der Waals surface area (Å²) in [4.78, 5) is 42.4. The van der Waals surface area contributed by atoms with Crippen LogP contribution in [0.25, 0.3) is 10.2 Å². The number of aromatic nitrogens is 1. The second kappa shape index (κ2) is 10.4. The molecule has 0 spiro atoms. The third-order valence-corrected chi connectivity index (χ3v) is 5.69. The van der Waals surface area contributed by atoms with E-state index in [1.54, 1.807) is 0 Å². The van der Waals surface area contributed by atoms with Crippen LogP contribution in [0, 0.1) is 27.2 Å². The van der Waals surface area contributed by atoms with Crippen molar-refractivity contribution < 1.29 is 14.6 Å². The largest absolute Gasteiger partial charge is 0.309 e. The number of anilines is 1. The summed E-state index contributed by atoms with van der Waals surface area (Å²) in [6.45, 7) is 2.95. The molecule has 1 amide bonds. The number of nitro benzene ring substituents is 2. The van der Waals surface area contributed by atoms with Gasteiger partial charge in [0.15, 0.2) is 5.13 Å². The first kappa shape index (κ1) is 25.1. The Hall–Kier alpha value is -3.15. The second-order valence-corrected chi connectivity index (χ2v) is 8.29. The lowest BCUT2D eigenvalue weighted by molar-refractivity contribution is -0.394. The zero-order valence-corrected chi connectivity index (χ0v) is 19.3. The number of aryl methyl sites for hydroxylation is 1. The SMILES string of the molecule is Cc1cccc2sc(N(CCCN(C)C)C(=O)c3cc([N+](=O)[O-])cc([N+](=O)[O-])c3)nc12.Cl. The first-order valence-corrected chi connectivity index (χ1v) is 10.3. The third kappa shape index (κ3) is 5.55. The molecule has 0 atom stereocenters. The molecular weight excluding hydrogens is 458 g/mol. The third-order valence-electron chi connectivity index (χ3n) is 4.64. The molecule has 32 heavy (non-hydrogen) atoms. The highest BCUT2D eigenvalue weighted by molar-refractivity contribution is 7.22. The molecule has 0 aliphatic heterocycles. The van der Waals surface area contributed by atoms with Crippen molar-refractivity contribution in [3.8, 4) is 0 Å². The maximum atomic E-state index is 13.4. The van der Waals surface area contributed by atoms with Crippen LogP contribution in [0.5, 0.6) is 0 Å². The first-order valence-electron chi connectivity index (χ1n) is 9.44. The summed E-state index contributed by atoms with van der Waals surface area (Å²) in [6.07, 6.45) is 0.630. The van der Waals surface area contributed by atoms with Crippen LogP contribution < -0.4 is 4.90 Å². The van der Waals surface area contributed by atoms with Gasteiger partial charge >= 0.3 is 0 Å². The van der Waals surface area contributed by atoms with Crippen molar-refractivity contribution in [3.05, 3.63) is 67.8 Å².